The Balaban J connectivity index is 1.77. The number of nitrogens with one attached hydrogen (secondary N) is 1. The summed E-state index contributed by atoms with van der Waals surface area (Å²) < 4.78 is 9.36. The number of halogens is 2. The summed E-state index contributed by atoms with van der Waals surface area (Å²) in [6.07, 6.45) is 2.58. The van der Waals surface area contributed by atoms with Crippen molar-refractivity contribution in [1.82, 2.24) is 25.1 Å². The van der Waals surface area contributed by atoms with Gasteiger partial charge in [-0.3, -0.25) is 9.48 Å². The quantitative estimate of drug-likeness (QED) is 0.564. The normalized spacial score (nSPS) is 13.2. The number of nitrogens with zero attached hydrogens (tertiary/aromatic N) is 4. The highest BCUT2D eigenvalue weighted by Crippen LogP contribution is 2.38. The summed E-state index contributed by atoms with van der Waals surface area (Å²) in [5, 5.41) is 7.35. The Morgan fingerprint density at radius 1 is 1.25 bits per heavy atom. The number of benzene rings is 1. The maximum Gasteiger partial charge on any atom is 0.269 e. The minimum atomic E-state index is -0.120. The number of hydrogen-bond acceptors (Lipinski definition) is 5. The highest BCUT2D eigenvalue weighted by molar-refractivity contribution is 9.11. The van der Waals surface area contributed by atoms with E-state index in [1.807, 2.05) is 12.1 Å². The van der Waals surface area contributed by atoms with Gasteiger partial charge in [0.15, 0.2) is 5.82 Å². The molecule has 144 valence electrons. The Morgan fingerprint density at radius 3 is 2.89 bits per heavy atom. The van der Waals surface area contributed by atoms with Gasteiger partial charge < -0.3 is 10.1 Å². The van der Waals surface area contributed by atoms with E-state index in [0.29, 0.717) is 48.4 Å². The van der Waals surface area contributed by atoms with Crippen molar-refractivity contribution < 1.29 is 9.53 Å². The van der Waals surface area contributed by atoms with Gasteiger partial charge in [0, 0.05) is 17.2 Å². The molecule has 4 rings (SSSR count). The number of carbonyl (C=O) groups excluding carboxylic acids is 1. The Labute approximate surface area is 178 Å². The SMILES string of the molecule is CCCOc1c(Br)cc(Br)cc1-c1nccc(-c2cc3n(n2)CCNC3=O)n1. The third kappa shape index (κ3) is 3.68. The second-order valence-corrected chi connectivity index (χ2v) is 8.04. The molecular formula is C19H17Br2N5O2. The van der Waals surface area contributed by atoms with E-state index in [9.17, 15) is 4.79 Å². The number of ether oxygens (including phenoxy) is 1. The summed E-state index contributed by atoms with van der Waals surface area (Å²) in [7, 11) is 0. The predicted molar refractivity (Wildman–Crippen MR) is 112 cm³/mol. The molecule has 9 heteroatoms. The lowest BCUT2D eigenvalue weighted by Crippen LogP contribution is -2.35. The Morgan fingerprint density at radius 2 is 2.11 bits per heavy atom. The van der Waals surface area contributed by atoms with Crippen molar-refractivity contribution >= 4 is 37.8 Å². The van der Waals surface area contributed by atoms with E-state index < -0.39 is 0 Å². The number of hydrogen-bond donors (Lipinski definition) is 1. The van der Waals surface area contributed by atoms with Crippen LogP contribution in [0, 0.1) is 0 Å². The monoisotopic (exact) mass is 505 g/mol. The van der Waals surface area contributed by atoms with E-state index in [0.717, 1.165) is 20.9 Å². The molecule has 1 aromatic carbocycles. The van der Waals surface area contributed by atoms with E-state index in [-0.39, 0.29) is 5.91 Å². The fourth-order valence-electron chi connectivity index (χ4n) is 2.97. The largest absolute Gasteiger partial charge is 0.492 e. The van der Waals surface area contributed by atoms with Gasteiger partial charge >= 0.3 is 0 Å². The highest BCUT2D eigenvalue weighted by atomic mass is 79.9. The second-order valence-electron chi connectivity index (χ2n) is 6.27. The summed E-state index contributed by atoms with van der Waals surface area (Å²) in [6, 6.07) is 7.40. The number of aromatic nitrogens is 4. The standard InChI is InChI=1S/C19H17Br2N5O2/c1-2-7-28-17-12(8-11(20)9-13(17)21)18-22-4-3-14(24-18)15-10-16-19(27)23-5-6-26(16)25-15/h3-4,8-10H,2,5-7H2,1H3,(H,23,27). The zero-order valence-electron chi connectivity index (χ0n) is 15.1. The lowest BCUT2D eigenvalue weighted by Gasteiger charge is -2.13. The molecule has 7 nitrogen and oxygen atoms in total. The molecule has 1 amide bonds. The lowest BCUT2D eigenvalue weighted by atomic mass is 10.1. The lowest BCUT2D eigenvalue weighted by molar-refractivity contribution is 0.0924. The number of rotatable bonds is 5. The third-order valence-corrected chi connectivity index (χ3v) is 5.29. The number of amides is 1. The smallest absolute Gasteiger partial charge is 0.269 e. The molecule has 0 aliphatic carbocycles. The molecule has 0 saturated carbocycles. The third-order valence-electron chi connectivity index (χ3n) is 4.24. The highest BCUT2D eigenvalue weighted by Gasteiger charge is 2.21. The molecule has 1 aliphatic heterocycles. The van der Waals surface area contributed by atoms with E-state index >= 15 is 0 Å². The van der Waals surface area contributed by atoms with Gasteiger partial charge in [0.05, 0.1) is 28.9 Å². The van der Waals surface area contributed by atoms with Gasteiger partial charge in [0.2, 0.25) is 0 Å². The number of fused-ring (bicyclic) bond motifs is 1. The van der Waals surface area contributed by atoms with Crippen LogP contribution in [0.3, 0.4) is 0 Å². The molecule has 28 heavy (non-hydrogen) atoms. The molecule has 3 aromatic rings. The molecule has 2 aromatic heterocycles. The summed E-state index contributed by atoms with van der Waals surface area (Å²) in [6.45, 7) is 3.87. The van der Waals surface area contributed by atoms with Gasteiger partial charge in [-0.25, -0.2) is 9.97 Å². The summed E-state index contributed by atoms with van der Waals surface area (Å²) in [4.78, 5) is 21.1. The Kier molecular flexibility index (Phi) is 5.45. The van der Waals surface area contributed by atoms with Crippen molar-refractivity contribution in [3.05, 3.63) is 45.1 Å². The molecule has 0 fully saturated rings. The van der Waals surface area contributed by atoms with Gasteiger partial charge in [-0.05, 0) is 46.6 Å². The zero-order chi connectivity index (χ0) is 19.7. The van der Waals surface area contributed by atoms with Gasteiger partial charge in [0.1, 0.15) is 17.1 Å². The molecule has 0 atom stereocenters. The van der Waals surface area contributed by atoms with Crippen LogP contribution in [-0.2, 0) is 6.54 Å². The zero-order valence-corrected chi connectivity index (χ0v) is 18.2. The van der Waals surface area contributed by atoms with Crippen LogP contribution in [0.2, 0.25) is 0 Å². The maximum atomic E-state index is 12.0. The van der Waals surface area contributed by atoms with E-state index in [4.69, 9.17) is 9.72 Å². The maximum absolute atomic E-state index is 12.0. The first-order chi connectivity index (χ1) is 13.6. The van der Waals surface area contributed by atoms with Crippen molar-refractivity contribution in [1.29, 1.82) is 0 Å². The number of carbonyl (C=O) groups is 1. The average molecular weight is 507 g/mol. The first-order valence-corrected chi connectivity index (χ1v) is 10.5. The van der Waals surface area contributed by atoms with Crippen molar-refractivity contribution in [3.63, 3.8) is 0 Å². The van der Waals surface area contributed by atoms with Gasteiger partial charge in [-0.1, -0.05) is 22.9 Å². The molecule has 1 N–H and O–H groups in total. The summed E-state index contributed by atoms with van der Waals surface area (Å²) >= 11 is 7.08. The molecule has 0 saturated heterocycles. The Bertz CT molecular complexity index is 1050. The van der Waals surface area contributed by atoms with Gasteiger partial charge in [-0.2, -0.15) is 5.10 Å². The fourth-order valence-corrected chi connectivity index (χ4v) is 4.31. The summed E-state index contributed by atoms with van der Waals surface area (Å²) in [5.74, 6) is 1.11. The van der Waals surface area contributed by atoms with Crippen molar-refractivity contribution in [2.45, 2.75) is 19.9 Å². The van der Waals surface area contributed by atoms with E-state index in [2.05, 4.69) is 54.2 Å². The van der Waals surface area contributed by atoms with Crippen molar-refractivity contribution in [3.8, 4) is 28.5 Å². The first-order valence-electron chi connectivity index (χ1n) is 8.88. The Hall–Kier alpha value is -2.26. The predicted octanol–water partition coefficient (Wildman–Crippen LogP) is 4.06. The summed E-state index contributed by atoms with van der Waals surface area (Å²) in [5.41, 5.74) is 2.61. The van der Waals surface area contributed by atoms with Gasteiger partial charge in [0.25, 0.3) is 5.91 Å². The van der Waals surface area contributed by atoms with Crippen LogP contribution in [-0.4, -0.2) is 38.8 Å². The fraction of sp³-hybridized carbons (Fsp3) is 0.263. The van der Waals surface area contributed by atoms with E-state index in [1.54, 1.807) is 23.0 Å². The van der Waals surface area contributed by atoms with Crippen LogP contribution in [0.1, 0.15) is 23.8 Å². The molecule has 0 unspecified atom stereocenters. The van der Waals surface area contributed by atoms with Crippen LogP contribution in [0.15, 0.2) is 39.4 Å². The molecule has 1 aliphatic rings. The van der Waals surface area contributed by atoms with Gasteiger partial charge in [-0.15, -0.1) is 0 Å². The van der Waals surface area contributed by atoms with Crippen LogP contribution >= 0.6 is 31.9 Å². The molecule has 0 bridgehead atoms. The van der Waals surface area contributed by atoms with Crippen LogP contribution in [0.4, 0.5) is 0 Å². The molecular weight excluding hydrogens is 490 g/mol. The van der Waals surface area contributed by atoms with Crippen molar-refractivity contribution in [2.75, 3.05) is 13.2 Å². The second kappa shape index (κ2) is 8.00. The minimum absolute atomic E-state index is 0.120. The van der Waals surface area contributed by atoms with E-state index in [1.165, 1.54) is 0 Å². The van der Waals surface area contributed by atoms with Crippen LogP contribution in [0.25, 0.3) is 22.8 Å². The molecule has 0 spiro atoms. The average Bonchev–Trinajstić information content (AvgIpc) is 3.13. The topological polar surface area (TPSA) is 81.9 Å². The van der Waals surface area contributed by atoms with Crippen molar-refractivity contribution in [2.24, 2.45) is 0 Å². The molecule has 3 heterocycles. The molecule has 0 radical (unpaired) electrons. The van der Waals surface area contributed by atoms with Crippen LogP contribution in [0.5, 0.6) is 5.75 Å². The van der Waals surface area contributed by atoms with Crippen LogP contribution < -0.4 is 10.1 Å². The minimum Gasteiger partial charge on any atom is -0.492 e. The first kappa shape index (κ1) is 19.1.